The summed E-state index contributed by atoms with van der Waals surface area (Å²) in [6.07, 6.45) is 1.17. The fraction of sp³-hybridized carbons (Fsp3) is 0.333. The molecule has 1 fully saturated rings. The number of hydrogen-bond donors (Lipinski definition) is 1. The van der Waals surface area contributed by atoms with Gasteiger partial charge in [-0.15, -0.1) is 0 Å². The zero-order valence-electron chi connectivity index (χ0n) is 9.37. The lowest BCUT2D eigenvalue weighted by Gasteiger charge is -2.18. The van der Waals surface area contributed by atoms with Crippen LogP contribution in [-0.2, 0) is 4.79 Å². The first-order valence-electron chi connectivity index (χ1n) is 5.51. The highest BCUT2D eigenvalue weighted by atomic mass is 16.3. The second-order valence-electron chi connectivity index (χ2n) is 3.90. The Morgan fingerprint density at radius 3 is 2.88 bits per heavy atom. The van der Waals surface area contributed by atoms with Gasteiger partial charge in [0.1, 0.15) is 12.0 Å². The number of benzene rings is 1. The van der Waals surface area contributed by atoms with Crippen LogP contribution in [0.25, 0.3) is 0 Å². The molecular formula is C12H14N2O3. The molecule has 1 aliphatic rings. The topological polar surface area (TPSA) is 60.9 Å². The highest BCUT2D eigenvalue weighted by Gasteiger charge is 2.28. The molecule has 0 radical (unpaired) electrons. The van der Waals surface area contributed by atoms with E-state index in [-0.39, 0.29) is 11.8 Å². The van der Waals surface area contributed by atoms with E-state index in [1.807, 2.05) is 0 Å². The molecule has 0 aliphatic carbocycles. The van der Waals surface area contributed by atoms with Crippen molar-refractivity contribution < 1.29 is 14.7 Å². The zero-order chi connectivity index (χ0) is 12.3. The van der Waals surface area contributed by atoms with E-state index in [2.05, 4.69) is 0 Å². The molecule has 0 atom stereocenters. The predicted octanol–water partition coefficient (Wildman–Crippen LogP) is 1.22. The number of urea groups is 1. The Hall–Kier alpha value is -2.04. The summed E-state index contributed by atoms with van der Waals surface area (Å²) in [7, 11) is 0. The Balaban J connectivity index is 2.09. The first-order chi connectivity index (χ1) is 8.22. The van der Waals surface area contributed by atoms with Gasteiger partial charge < -0.3 is 14.8 Å². The van der Waals surface area contributed by atoms with Gasteiger partial charge in [0.2, 0.25) is 0 Å². The molecule has 2 amide bonds. The van der Waals surface area contributed by atoms with Crippen molar-refractivity contribution in [1.29, 1.82) is 0 Å². The summed E-state index contributed by atoms with van der Waals surface area (Å²) in [5.74, 6) is 0.140. The number of aldehydes is 1. The Bertz CT molecular complexity index is 434. The van der Waals surface area contributed by atoms with Crippen molar-refractivity contribution in [2.24, 2.45) is 0 Å². The zero-order valence-corrected chi connectivity index (χ0v) is 9.37. The molecule has 1 aromatic rings. The molecule has 0 aromatic heterocycles. The van der Waals surface area contributed by atoms with E-state index in [0.29, 0.717) is 31.7 Å². The second kappa shape index (κ2) is 4.86. The number of anilines is 1. The summed E-state index contributed by atoms with van der Waals surface area (Å²) in [6, 6.07) is 6.49. The summed E-state index contributed by atoms with van der Waals surface area (Å²) in [6.45, 7) is 1.65. The first kappa shape index (κ1) is 11.4. The molecule has 2 rings (SSSR count). The molecule has 1 saturated heterocycles. The molecule has 5 nitrogen and oxygen atoms in total. The normalized spacial score (nSPS) is 15.4. The summed E-state index contributed by atoms with van der Waals surface area (Å²) in [5.41, 5.74) is 0.684. The summed E-state index contributed by atoms with van der Waals surface area (Å²) >= 11 is 0. The van der Waals surface area contributed by atoms with Gasteiger partial charge in [-0.1, -0.05) is 6.07 Å². The third kappa shape index (κ3) is 2.38. The summed E-state index contributed by atoms with van der Waals surface area (Å²) < 4.78 is 0. The van der Waals surface area contributed by atoms with Crippen LogP contribution < -0.4 is 4.90 Å². The van der Waals surface area contributed by atoms with Gasteiger partial charge in [0.05, 0.1) is 0 Å². The van der Waals surface area contributed by atoms with Gasteiger partial charge in [0.25, 0.3) is 0 Å². The third-order valence-electron chi connectivity index (χ3n) is 2.75. The van der Waals surface area contributed by atoms with Gasteiger partial charge >= 0.3 is 6.03 Å². The van der Waals surface area contributed by atoms with Crippen molar-refractivity contribution in [3.05, 3.63) is 24.3 Å². The van der Waals surface area contributed by atoms with E-state index in [1.54, 1.807) is 34.1 Å². The minimum absolute atomic E-state index is 0.113. The fourth-order valence-electron chi connectivity index (χ4n) is 1.90. The van der Waals surface area contributed by atoms with Crippen LogP contribution in [0.3, 0.4) is 0 Å². The van der Waals surface area contributed by atoms with Crippen LogP contribution in [0, 0.1) is 0 Å². The van der Waals surface area contributed by atoms with Crippen LogP contribution in [0.15, 0.2) is 24.3 Å². The fourth-order valence-corrected chi connectivity index (χ4v) is 1.90. The van der Waals surface area contributed by atoms with Crippen LogP contribution >= 0.6 is 0 Å². The molecule has 1 N–H and O–H groups in total. The Labute approximate surface area is 99.3 Å². The average molecular weight is 234 g/mol. The van der Waals surface area contributed by atoms with Crippen molar-refractivity contribution in [2.75, 3.05) is 24.5 Å². The van der Waals surface area contributed by atoms with Crippen LogP contribution in [-0.4, -0.2) is 42.0 Å². The number of rotatable bonds is 4. The van der Waals surface area contributed by atoms with Crippen molar-refractivity contribution in [3.63, 3.8) is 0 Å². The molecule has 1 aromatic carbocycles. The van der Waals surface area contributed by atoms with Crippen LogP contribution in [0.4, 0.5) is 10.5 Å². The SMILES string of the molecule is O=CCCN1CCN(c2cccc(O)c2)C1=O. The number of amides is 2. The average Bonchev–Trinajstić information content (AvgIpc) is 2.68. The lowest BCUT2D eigenvalue weighted by atomic mass is 10.3. The minimum atomic E-state index is -0.113. The number of aromatic hydroxyl groups is 1. The largest absolute Gasteiger partial charge is 0.508 e. The number of carbonyl (C=O) groups excluding carboxylic acids is 2. The van der Waals surface area contributed by atoms with E-state index in [9.17, 15) is 14.7 Å². The standard InChI is InChI=1S/C12H14N2O3/c15-8-2-5-13-6-7-14(12(13)17)10-3-1-4-11(16)9-10/h1,3-4,8-9,16H,2,5-7H2. The number of phenols is 1. The molecule has 17 heavy (non-hydrogen) atoms. The maximum Gasteiger partial charge on any atom is 0.324 e. The number of nitrogens with zero attached hydrogens (tertiary/aromatic N) is 2. The number of hydrogen-bond acceptors (Lipinski definition) is 3. The van der Waals surface area contributed by atoms with Crippen LogP contribution in [0.1, 0.15) is 6.42 Å². The summed E-state index contributed by atoms with van der Waals surface area (Å²) in [5, 5.41) is 9.37. The van der Waals surface area contributed by atoms with Crippen molar-refractivity contribution in [3.8, 4) is 5.75 Å². The highest BCUT2D eigenvalue weighted by molar-refractivity contribution is 5.94. The van der Waals surface area contributed by atoms with Gasteiger partial charge in [0, 0.05) is 37.8 Å². The second-order valence-corrected chi connectivity index (χ2v) is 3.90. The predicted molar refractivity (Wildman–Crippen MR) is 63.1 cm³/mol. The molecule has 0 spiro atoms. The third-order valence-corrected chi connectivity index (χ3v) is 2.75. The monoisotopic (exact) mass is 234 g/mol. The van der Waals surface area contributed by atoms with Gasteiger partial charge in [-0.05, 0) is 12.1 Å². The molecular weight excluding hydrogens is 220 g/mol. The van der Waals surface area contributed by atoms with Crippen molar-refractivity contribution in [2.45, 2.75) is 6.42 Å². The van der Waals surface area contributed by atoms with Gasteiger partial charge in [-0.2, -0.15) is 0 Å². The molecule has 1 aliphatic heterocycles. The van der Waals surface area contributed by atoms with Crippen molar-refractivity contribution in [1.82, 2.24) is 4.90 Å². The molecule has 0 unspecified atom stereocenters. The first-order valence-corrected chi connectivity index (χ1v) is 5.51. The quantitative estimate of drug-likeness (QED) is 0.797. The van der Waals surface area contributed by atoms with Crippen molar-refractivity contribution >= 4 is 18.0 Å². The van der Waals surface area contributed by atoms with Gasteiger partial charge in [-0.3, -0.25) is 4.90 Å². The van der Waals surface area contributed by atoms with E-state index in [4.69, 9.17) is 0 Å². The minimum Gasteiger partial charge on any atom is -0.508 e. The molecule has 90 valence electrons. The lowest BCUT2D eigenvalue weighted by Crippen LogP contribution is -2.32. The van der Waals surface area contributed by atoms with E-state index in [0.717, 1.165) is 6.29 Å². The van der Waals surface area contributed by atoms with E-state index in [1.165, 1.54) is 0 Å². The molecule has 5 heteroatoms. The maximum absolute atomic E-state index is 12.0. The highest BCUT2D eigenvalue weighted by Crippen LogP contribution is 2.23. The van der Waals surface area contributed by atoms with Crippen LogP contribution in [0.2, 0.25) is 0 Å². The Kier molecular flexibility index (Phi) is 3.27. The molecule has 0 saturated carbocycles. The van der Waals surface area contributed by atoms with Gasteiger partial charge in [-0.25, -0.2) is 4.79 Å². The van der Waals surface area contributed by atoms with Crippen LogP contribution in [0.5, 0.6) is 5.75 Å². The van der Waals surface area contributed by atoms with E-state index < -0.39 is 0 Å². The Morgan fingerprint density at radius 2 is 2.18 bits per heavy atom. The summed E-state index contributed by atoms with van der Waals surface area (Å²) in [4.78, 5) is 25.5. The smallest absolute Gasteiger partial charge is 0.324 e. The maximum atomic E-state index is 12.0. The number of carbonyl (C=O) groups is 2. The van der Waals surface area contributed by atoms with E-state index >= 15 is 0 Å². The molecule has 0 bridgehead atoms. The van der Waals surface area contributed by atoms with Gasteiger partial charge in [0.15, 0.2) is 0 Å². The number of phenolic OH excluding ortho intramolecular Hbond substituents is 1. The lowest BCUT2D eigenvalue weighted by molar-refractivity contribution is -0.108. The Morgan fingerprint density at radius 1 is 1.35 bits per heavy atom. The molecule has 1 heterocycles.